The Hall–Kier alpha value is -0.120. The van der Waals surface area contributed by atoms with Crippen LogP contribution in [0.4, 0.5) is 0 Å². The lowest BCUT2D eigenvalue weighted by atomic mass is 9.87. The number of hydrogen-bond donors (Lipinski definition) is 0. The summed E-state index contributed by atoms with van der Waals surface area (Å²) in [5.74, 6) is 1.74. The average Bonchev–Trinajstić information content (AvgIpc) is 2.29. The Kier molecular flexibility index (Phi) is 7.09. The number of hydrogen-bond acceptors (Lipinski definition) is 3. The fourth-order valence-electron chi connectivity index (χ4n) is 2.29. The van der Waals surface area contributed by atoms with E-state index in [0.29, 0.717) is 19.3 Å². The van der Waals surface area contributed by atoms with Gasteiger partial charge in [0.15, 0.2) is 0 Å². The maximum Gasteiger partial charge on any atom is 0.0991 e. The summed E-state index contributed by atoms with van der Waals surface area (Å²) in [5.41, 5.74) is 0. The highest BCUT2D eigenvalue weighted by Gasteiger charge is 2.21. The third-order valence-corrected chi connectivity index (χ3v) is 3.53. The van der Waals surface area contributed by atoms with Gasteiger partial charge in [0.1, 0.15) is 0 Å². The summed E-state index contributed by atoms with van der Waals surface area (Å²) in [5, 5.41) is 0. The summed E-state index contributed by atoms with van der Waals surface area (Å²) in [7, 11) is 0. The first kappa shape index (κ1) is 14.9. The van der Waals surface area contributed by atoms with Crippen molar-refractivity contribution in [2.45, 2.75) is 46.6 Å². The molecule has 17 heavy (non-hydrogen) atoms. The molecule has 0 aliphatic carbocycles. The van der Waals surface area contributed by atoms with E-state index in [1.807, 2.05) is 0 Å². The van der Waals surface area contributed by atoms with Gasteiger partial charge >= 0.3 is 0 Å². The van der Waals surface area contributed by atoms with E-state index >= 15 is 0 Å². The summed E-state index contributed by atoms with van der Waals surface area (Å²) in [6.45, 7) is 13.3. The molecule has 1 heterocycles. The van der Waals surface area contributed by atoms with Crippen LogP contribution in [0.25, 0.3) is 0 Å². The van der Waals surface area contributed by atoms with Gasteiger partial charge in [-0.25, -0.2) is 0 Å². The van der Waals surface area contributed by atoms with Crippen molar-refractivity contribution in [2.75, 3.05) is 33.0 Å². The van der Waals surface area contributed by atoms with E-state index in [1.54, 1.807) is 0 Å². The van der Waals surface area contributed by atoms with Gasteiger partial charge in [-0.1, -0.05) is 13.8 Å². The van der Waals surface area contributed by atoms with Gasteiger partial charge in [-0.2, -0.15) is 0 Å². The molecular weight excluding hydrogens is 214 g/mol. The Labute approximate surface area is 106 Å². The van der Waals surface area contributed by atoms with E-state index in [0.717, 1.165) is 18.6 Å². The van der Waals surface area contributed by atoms with Gasteiger partial charge < -0.3 is 9.47 Å². The summed E-state index contributed by atoms with van der Waals surface area (Å²) >= 11 is 0. The van der Waals surface area contributed by atoms with E-state index in [1.165, 1.54) is 25.9 Å². The van der Waals surface area contributed by atoms with Crippen LogP contribution in [-0.2, 0) is 9.47 Å². The van der Waals surface area contributed by atoms with Crippen molar-refractivity contribution in [3.63, 3.8) is 0 Å². The maximum absolute atomic E-state index is 5.62. The topological polar surface area (TPSA) is 21.7 Å². The summed E-state index contributed by atoms with van der Waals surface area (Å²) in [6.07, 6.45) is 2.95. The van der Waals surface area contributed by atoms with Crippen LogP contribution < -0.4 is 0 Å². The van der Waals surface area contributed by atoms with Gasteiger partial charge in [0.05, 0.1) is 26.0 Å². The van der Waals surface area contributed by atoms with Gasteiger partial charge in [0.2, 0.25) is 0 Å². The first-order chi connectivity index (χ1) is 8.09. The quantitative estimate of drug-likeness (QED) is 0.642. The molecule has 0 N–H and O–H groups in total. The maximum atomic E-state index is 5.62. The minimum Gasteiger partial charge on any atom is -0.376 e. The van der Waals surface area contributed by atoms with Crippen LogP contribution in [0.15, 0.2) is 0 Å². The second kappa shape index (κ2) is 8.06. The van der Waals surface area contributed by atoms with Crippen molar-refractivity contribution in [3.8, 4) is 0 Å². The van der Waals surface area contributed by atoms with Crippen molar-refractivity contribution >= 4 is 0 Å². The van der Waals surface area contributed by atoms with Gasteiger partial charge in [-0.15, -0.1) is 0 Å². The zero-order valence-electron chi connectivity index (χ0n) is 11.9. The molecule has 0 aromatic carbocycles. The first-order valence-electron chi connectivity index (χ1n) is 7.01. The van der Waals surface area contributed by atoms with Gasteiger partial charge in [0, 0.05) is 13.1 Å². The third kappa shape index (κ3) is 6.39. The molecular formula is C14H29NO2. The van der Waals surface area contributed by atoms with E-state index in [9.17, 15) is 0 Å². The molecule has 0 aromatic heterocycles. The lowest BCUT2D eigenvalue weighted by molar-refractivity contribution is -0.0296. The molecule has 1 aliphatic heterocycles. The molecule has 0 saturated carbocycles. The Morgan fingerprint density at radius 3 is 2.24 bits per heavy atom. The number of nitrogens with zero attached hydrogens (tertiary/aromatic N) is 1. The highest BCUT2D eigenvalue weighted by Crippen LogP contribution is 2.24. The first-order valence-corrected chi connectivity index (χ1v) is 7.01. The Bertz CT molecular complexity index is 187. The van der Waals surface area contributed by atoms with Crippen molar-refractivity contribution < 1.29 is 9.47 Å². The van der Waals surface area contributed by atoms with Crippen molar-refractivity contribution in [1.82, 2.24) is 4.90 Å². The molecule has 0 bridgehead atoms. The molecule has 0 amide bonds. The standard InChI is InChI=1S/C14H29NO2/c1-12(2)14-5-7-15(8-6-14)11-16-9-10-17-13(3)4/h12-14H,5-11H2,1-4H3. The van der Waals surface area contributed by atoms with E-state index < -0.39 is 0 Å². The molecule has 3 heteroatoms. The molecule has 0 aromatic rings. The van der Waals surface area contributed by atoms with Gasteiger partial charge in [-0.3, -0.25) is 4.90 Å². The fraction of sp³-hybridized carbons (Fsp3) is 1.00. The predicted octanol–water partition coefficient (Wildman–Crippen LogP) is 2.75. The normalized spacial score (nSPS) is 19.4. The molecule has 102 valence electrons. The fourth-order valence-corrected chi connectivity index (χ4v) is 2.29. The molecule has 3 nitrogen and oxygen atoms in total. The lowest BCUT2D eigenvalue weighted by Gasteiger charge is -2.33. The summed E-state index contributed by atoms with van der Waals surface area (Å²) < 4.78 is 11.1. The zero-order chi connectivity index (χ0) is 12.7. The second-order valence-corrected chi connectivity index (χ2v) is 5.66. The Morgan fingerprint density at radius 1 is 1.06 bits per heavy atom. The Balaban J connectivity index is 1.99. The molecule has 1 aliphatic rings. The van der Waals surface area contributed by atoms with Gasteiger partial charge in [-0.05, 0) is 38.5 Å². The molecule has 0 radical (unpaired) electrons. The van der Waals surface area contributed by atoms with Crippen LogP contribution >= 0.6 is 0 Å². The van der Waals surface area contributed by atoms with Crippen LogP contribution in [-0.4, -0.2) is 44.0 Å². The minimum atomic E-state index is 0.306. The predicted molar refractivity (Wildman–Crippen MR) is 71.0 cm³/mol. The molecule has 0 atom stereocenters. The second-order valence-electron chi connectivity index (χ2n) is 5.66. The number of ether oxygens (including phenoxy) is 2. The third-order valence-electron chi connectivity index (χ3n) is 3.53. The molecule has 1 rings (SSSR count). The zero-order valence-corrected chi connectivity index (χ0v) is 11.9. The monoisotopic (exact) mass is 243 g/mol. The van der Waals surface area contributed by atoms with Crippen molar-refractivity contribution in [1.29, 1.82) is 0 Å². The number of piperidine rings is 1. The molecule has 1 saturated heterocycles. The number of rotatable bonds is 7. The van der Waals surface area contributed by atoms with Crippen LogP contribution in [0.1, 0.15) is 40.5 Å². The number of likely N-dealkylation sites (tertiary alicyclic amines) is 1. The molecule has 0 unspecified atom stereocenters. The highest BCUT2D eigenvalue weighted by atomic mass is 16.5. The molecule has 1 fully saturated rings. The van der Waals surface area contributed by atoms with Crippen molar-refractivity contribution in [2.24, 2.45) is 11.8 Å². The van der Waals surface area contributed by atoms with Crippen LogP contribution in [0.3, 0.4) is 0 Å². The van der Waals surface area contributed by atoms with Gasteiger partial charge in [0.25, 0.3) is 0 Å². The smallest absolute Gasteiger partial charge is 0.0991 e. The van der Waals surface area contributed by atoms with Crippen LogP contribution in [0.2, 0.25) is 0 Å². The average molecular weight is 243 g/mol. The molecule has 0 spiro atoms. The Morgan fingerprint density at radius 2 is 1.71 bits per heavy atom. The lowest BCUT2D eigenvalue weighted by Crippen LogP contribution is -2.37. The minimum absolute atomic E-state index is 0.306. The van der Waals surface area contributed by atoms with E-state index in [-0.39, 0.29) is 0 Å². The van der Waals surface area contributed by atoms with Crippen LogP contribution in [0, 0.1) is 11.8 Å². The summed E-state index contributed by atoms with van der Waals surface area (Å²) in [4.78, 5) is 2.41. The SMILES string of the molecule is CC(C)OCCOCN1CCC(C(C)C)CC1. The van der Waals surface area contributed by atoms with Crippen molar-refractivity contribution in [3.05, 3.63) is 0 Å². The van der Waals surface area contributed by atoms with E-state index in [4.69, 9.17) is 9.47 Å². The summed E-state index contributed by atoms with van der Waals surface area (Å²) in [6, 6.07) is 0. The van der Waals surface area contributed by atoms with E-state index in [2.05, 4.69) is 32.6 Å². The largest absolute Gasteiger partial charge is 0.376 e. The highest BCUT2D eigenvalue weighted by molar-refractivity contribution is 4.72. The van der Waals surface area contributed by atoms with Crippen LogP contribution in [0.5, 0.6) is 0 Å².